The molecule has 1 saturated heterocycles. The highest BCUT2D eigenvalue weighted by molar-refractivity contribution is 7.84. The van der Waals surface area contributed by atoms with E-state index in [0.29, 0.717) is 0 Å². The van der Waals surface area contributed by atoms with Crippen LogP contribution in [0.3, 0.4) is 0 Å². The second-order valence-corrected chi connectivity index (χ2v) is 8.63. The first-order valence-corrected chi connectivity index (χ1v) is 10.6. The van der Waals surface area contributed by atoms with Crippen LogP contribution in [0, 0.1) is 0 Å². The highest BCUT2D eigenvalue weighted by atomic mass is 32.3. The molecule has 0 aromatic heterocycles. The van der Waals surface area contributed by atoms with Crippen molar-refractivity contribution in [1.29, 1.82) is 0 Å². The summed E-state index contributed by atoms with van der Waals surface area (Å²) in [7, 11) is -10.0. The van der Waals surface area contributed by atoms with Crippen molar-refractivity contribution >= 4 is 38.7 Å². The predicted octanol–water partition coefficient (Wildman–Crippen LogP) is -5.62. The number of ether oxygens (including phenoxy) is 1. The minimum Gasteiger partial charge on any atom is -0.446 e. The molecule has 0 aromatic carbocycles. The molecule has 1 unspecified atom stereocenters. The number of guanidine groups is 2. The SMILES string of the molecule is NC1=N[C@H]2[C@H](COC(=O)NS(=O)(=O)O)N=C(N)N3CC(OS(=O)(=O)O)C(O)(O)[C@]23N1. The van der Waals surface area contributed by atoms with Gasteiger partial charge in [0, 0.05) is 0 Å². The number of hydrogen-bond acceptors (Lipinski definition) is 15. The minimum absolute atomic E-state index is 0.345. The van der Waals surface area contributed by atoms with E-state index in [1.165, 1.54) is 0 Å². The van der Waals surface area contributed by atoms with E-state index >= 15 is 0 Å². The van der Waals surface area contributed by atoms with Gasteiger partial charge in [0.2, 0.25) is 5.79 Å². The Balaban J connectivity index is 1.92. The topological polar surface area (TPSA) is 289 Å². The van der Waals surface area contributed by atoms with Crippen molar-refractivity contribution in [3.63, 3.8) is 0 Å². The Morgan fingerprint density at radius 2 is 1.90 bits per heavy atom. The average Bonchev–Trinajstić information content (AvgIpc) is 2.99. The van der Waals surface area contributed by atoms with E-state index in [4.69, 9.17) is 20.6 Å². The van der Waals surface area contributed by atoms with Crippen LogP contribution in [0.5, 0.6) is 0 Å². The Hall–Kier alpha value is -2.49. The number of hydrogen-bond donors (Lipinski definition) is 8. The maximum Gasteiger partial charge on any atom is 0.422 e. The van der Waals surface area contributed by atoms with Crippen LogP contribution >= 0.6 is 0 Å². The van der Waals surface area contributed by atoms with Crippen LogP contribution in [0.4, 0.5) is 4.79 Å². The summed E-state index contributed by atoms with van der Waals surface area (Å²) in [6.45, 7) is -1.31. The fourth-order valence-corrected chi connectivity index (χ4v) is 4.34. The smallest absolute Gasteiger partial charge is 0.422 e. The van der Waals surface area contributed by atoms with Crippen molar-refractivity contribution < 1.29 is 49.9 Å². The van der Waals surface area contributed by atoms with Crippen LogP contribution in [0.1, 0.15) is 0 Å². The first-order chi connectivity index (χ1) is 13.6. The fraction of sp³-hybridized carbons (Fsp3) is 0.700. The summed E-state index contributed by atoms with van der Waals surface area (Å²) in [4.78, 5) is 20.4. The fourth-order valence-electron chi connectivity index (χ4n) is 3.58. The Morgan fingerprint density at radius 1 is 1.27 bits per heavy atom. The lowest BCUT2D eigenvalue weighted by Gasteiger charge is -2.48. The summed E-state index contributed by atoms with van der Waals surface area (Å²) in [6.07, 6.45) is -3.55. The van der Waals surface area contributed by atoms with Crippen molar-refractivity contribution in [2.75, 3.05) is 13.2 Å². The number of carbonyl (C=O) groups is 1. The molecule has 18 nitrogen and oxygen atoms in total. The molecule has 0 aliphatic carbocycles. The van der Waals surface area contributed by atoms with Gasteiger partial charge in [0.1, 0.15) is 18.7 Å². The lowest BCUT2D eigenvalue weighted by molar-refractivity contribution is -0.252. The molecule has 3 heterocycles. The third kappa shape index (κ3) is 3.68. The van der Waals surface area contributed by atoms with Gasteiger partial charge in [-0.3, -0.25) is 9.11 Å². The molecule has 0 bridgehead atoms. The zero-order valence-electron chi connectivity index (χ0n) is 14.6. The summed E-state index contributed by atoms with van der Waals surface area (Å²) in [5, 5.41) is 23.9. The zero-order valence-corrected chi connectivity index (χ0v) is 16.2. The first kappa shape index (κ1) is 22.2. The molecule has 20 heteroatoms. The van der Waals surface area contributed by atoms with E-state index in [2.05, 4.69) is 24.2 Å². The zero-order chi connectivity index (χ0) is 22.7. The van der Waals surface area contributed by atoms with Crippen molar-refractivity contribution in [3.8, 4) is 0 Å². The number of amides is 1. The number of nitrogens with two attached hydrogens (primary N) is 2. The van der Waals surface area contributed by atoms with Gasteiger partial charge in [-0.2, -0.15) is 21.6 Å². The Kier molecular flexibility index (Phi) is 5.00. The second-order valence-electron chi connectivity index (χ2n) is 6.43. The van der Waals surface area contributed by atoms with Gasteiger partial charge < -0.3 is 36.6 Å². The van der Waals surface area contributed by atoms with E-state index in [-0.39, 0.29) is 5.96 Å². The monoisotopic (exact) mass is 475 g/mol. The van der Waals surface area contributed by atoms with Gasteiger partial charge in [-0.15, -0.1) is 0 Å². The summed E-state index contributed by atoms with van der Waals surface area (Å²) in [6, 6.07) is -2.64. The maximum absolute atomic E-state index is 11.4. The lowest BCUT2D eigenvalue weighted by atomic mass is 9.86. The molecule has 3 rings (SSSR count). The van der Waals surface area contributed by atoms with Gasteiger partial charge in [0.15, 0.2) is 23.7 Å². The molecular formula is C10H17N7O11S2. The number of aliphatic imine (C=N–C) groups is 2. The molecule has 170 valence electrons. The molecule has 0 saturated carbocycles. The summed E-state index contributed by atoms with van der Waals surface area (Å²) < 4.78 is 71.1. The number of carbonyl (C=O) groups excluding carboxylic acids is 1. The Bertz CT molecular complexity index is 1020. The van der Waals surface area contributed by atoms with Crippen molar-refractivity contribution in [2.45, 2.75) is 29.6 Å². The predicted molar refractivity (Wildman–Crippen MR) is 93.0 cm³/mol. The van der Waals surface area contributed by atoms with Crippen LogP contribution in [-0.4, -0.2) is 102 Å². The molecule has 0 radical (unpaired) electrons. The van der Waals surface area contributed by atoms with E-state index in [0.717, 1.165) is 9.62 Å². The van der Waals surface area contributed by atoms with Gasteiger partial charge in [0.05, 0.1) is 6.54 Å². The van der Waals surface area contributed by atoms with Crippen molar-refractivity contribution in [1.82, 2.24) is 14.9 Å². The van der Waals surface area contributed by atoms with Gasteiger partial charge in [-0.05, 0) is 0 Å². The highest BCUT2D eigenvalue weighted by Gasteiger charge is 2.74. The second kappa shape index (κ2) is 6.76. The number of rotatable bonds is 5. The van der Waals surface area contributed by atoms with E-state index in [1.807, 2.05) is 0 Å². The first-order valence-electron chi connectivity index (χ1n) is 7.81. The van der Waals surface area contributed by atoms with Crippen LogP contribution in [-0.2, 0) is 29.6 Å². The third-order valence-corrected chi connectivity index (χ3v) is 5.48. The van der Waals surface area contributed by atoms with Crippen LogP contribution in [0.2, 0.25) is 0 Å². The van der Waals surface area contributed by atoms with E-state index < -0.39 is 75.5 Å². The van der Waals surface area contributed by atoms with Gasteiger partial charge >= 0.3 is 26.8 Å². The van der Waals surface area contributed by atoms with Gasteiger partial charge in [-0.25, -0.2) is 19.0 Å². The van der Waals surface area contributed by atoms with Crippen molar-refractivity contribution in [2.24, 2.45) is 21.5 Å². The lowest BCUT2D eigenvalue weighted by Crippen LogP contribution is -2.77. The highest BCUT2D eigenvalue weighted by Crippen LogP contribution is 2.45. The van der Waals surface area contributed by atoms with Crippen LogP contribution < -0.4 is 21.5 Å². The summed E-state index contributed by atoms with van der Waals surface area (Å²) >= 11 is 0. The molecule has 4 atom stereocenters. The van der Waals surface area contributed by atoms with Crippen LogP contribution in [0.15, 0.2) is 9.98 Å². The summed E-state index contributed by atoms with van der Waals surface area (Å²) in [5.74, 6) is -3.84. The minimum atomic E-state index is -5.12. The standard InChI is InChI=1S/C10H17N7O11S2/c11-6-14-5-3(2-27-8(18)16-29(21,22)23)13-7(12)17-1-4(28-30(24,25)26)10(19,20)9(5,17)15-6/h3-5,19-20H,1-2H2,(H2,12,13)(H,16,18)(H3,11,14,15)(H,21,22,23)(H,24,25,26)/t3-,4?,5-,9-/m0/s1. The Labute approximate surface area is 168 Å². The third-order valence-electron chi connectivity index (χ3n) is 4.58. The normalized spacial score (nSPS) is 32.4. The molecular weight excluding hydrogens is 458 g/mol. The Morgan fingerprint density at radius 3 is 2.47 bits per heavy atom. The number of nitrogens with one attached hydrogen (secondary N) is 2. The molecule has 1 fully saturated rings. The molecule has 3 aliphatic rings. The molecule has 1 amide bonds. The van der Waals surface area contributed by atoms with Gasteiger partial charge in [-0.1, -0.05) is 0 Å². The largest absolute Gasteiger partial charge is 0.446 e. The summed E-state index contributed by atoms with van der Waals surface area (Å²) in [5.41, 5.74) is 9.32. The van der Waals surface area contributed by atoms with Crippen LogP contribution in [0.25, 0.3) is 0 Å². The number of nitrogens with zero attached hydrogens (tertiary/aromatic N) is 3. The van der Waals surface area contributed by atoms with E-state index in [1.54, 1.807) is 0 Å². The number of aliphatic hydroxyl groups is 2. The van der Waals surface area contributed by atoms with E-state index in [9.17, 15) is 31.8 Å². The van der Waals surface area contributed by atoms with Gasteiger partial charge in [0.25, 0.3) is 0 Å². The van der Waals surface area contributed by atoms with Crippen molar-refractivity contribution in [3.05, 3.63) is 0 Å². The molecule has 3 aliphatic heterocycles. The maximum atomic E-state index is 11.4. The average molecular weight is 475 g/mol. The molecule has 0 aromatic rings. The molecule has 1 spiro atoms. The molecule has 30 heavy (non-hydrogen) atoms. The molecule has 10 N–H and O–H groups in total. The quantitative estimate of drug-likeness (QED) is 0.136.